The first-order valence-electron chi connectivity index (χ1n) is 5.27. The number of hydrogen-bond donors (Lipinski definition) is 1. The summed E-state index contributed by atoms with van der Waals surface area (Å²) in [4.78, 5) is 0. The molecule has 2 aromatic carbocycles. The number of nitrogens with two attached hydrogens (primary N) is 1. The van der Waals surface area contributed by atoms with Crippen molar-refractivity contribution >= 4 is 12.4 Å². The molecule has 0 radical (unpaired) electrons. The standard InChI is InChI=1S/C14H15NO.ClH/c1-16-14-8-7-12(9-13(14)10-15)11-5-3-2-4-6-11;/h2-9H,10,15H2,1H3;1H. The molecule has 0 aliphatic rings. The third kappa shape index (κ3) is 2.99. The van der Waals surface area contributed by atoms with Crippen molar-refractivity contribution in [2.24, 2.45) is 5.73 Å². The van der Waals surface area contributed by atoms with E-state index in [0.717, 1.165) is 11.3 Å². The summed E-state index contributed by atoms with van der Waals surface area (Å²) in [5, 5.41) is 0. The fourth-order valence-corrected chi connectivity index (χ4v) is 1.75. The molecule has 3 heteroatoms. The molecular formula is C14H16ClNO. The van der Waals surface area contributed by atoms with Crippen LogP contribution in [-0.2, 0) is 6.54 Å². The van der Waals surface area contributed by atoms with Crippen molar-refractivity contribution in [2.45, 2.75) is 6.54 Å². The van der Waals surface area contributed by atoms with Gasteiger partial charge in [0.2, 0.25) is 0 Å². The van der Waals surface area contributed by atoms with Crippen LogP contribution in [0, 0.1) is 0 Å². The Bertz CT molecular complexity index is 471. The normalized spacial score (nSPS) is 9.53. The number of methoxy groups -OCH3 is 1. The third-order valence-electron chi connectivity index (χ3n) is 2.61. The van der Waals surface area contributed by atoms with Gasteiger partial charge in [0, 0.05) is 12.1 Å². The van der Waals surface area contributed by atoms with Gasteiger partial charge in [-0.25, -0.2) is 0 Å². The molecule has 0 fully saturated rings. The first-order valence-corrected chi connectivity index (χ1v) is 5.27. The van der Waals surface area contributed by atoms with Gasteiger partial charge < -0.3 is 10.5 Å². The van der Waals surface area contributed by atoms with Crippen LogP contribution in [0.1, 0.15) is 5.56 Å². The fraction of sp³-hybridized carbons (Fsp3) is 0.143. The molecular weight excluding hydrogens is 234 g/mol. The van der Waals surface area contributed by atoms with E-state index < -0.39 is 0 Å². The first-order chi connectivity index (χ1) is 7.85. The van der Waals surface area contributed by atoms with Crippen molar-refractivity contribution < 1.29 is 4.74 Å². The van der Waals surface area contributed by atoms with Crippen molar-refractivity contribution in [1.29, 1.82) is 0 Å². The summed E-state index contributed by atoms with van der Waals surface area (Å²) < 4.78 is 5.25. The molecule has 0 aliphatic heterocycles. The van der Waals surface area contributed by atoms with Crippen LogP contribution in [0.2, 0.25) is 0 Å². The molecule has 0 aliphatic carbocycles. The van der Waals surface area contributed by atoms with Gasteiger partial charge in [0.05, 0.1) is 7.11 Å². The minimum atomic E-state index is 0. The Morgan fingerprint density at radius 1 is 1.00 bits per heavy atom. The topological polar surface area (TPSA) is 35.2 Å². The van der Waals surface area contributed by atoms with Crippen molar-refractivity contribution in [3.8, 4) is 16.9 Å². The van der Waals surface area contributed by atoms with E-state index in [1.165, 1.54) is 11.1 Å². The second-order valence-electron chi connectivity index (χ2n) is 3.60. The molecule has 0 amide bonds. The number of rotatable bonds is 3. The molecule has 2 rings (SSSR count). The van der Waals surface area contributed by atoms with Gasteiger partial charge in [-0.15, -0.1) is 12.4 Å². The third-order valence-corrected chi connectivity index (χ3v) is 2.61. The molecule has 90 valence electrons. The van der Waals surface area contributed by atoms with Crippen molar-refractivity contribution in [2.75, 3.05) is 7.11 Å². The van der Waals surface area contributed by atoms with E-state index in [-0.39, 0.29) is 12.4 Å². The van der Waals surface area contributed by atoms with E-state index >= 15 is 0 Å². The maximum atomic E-state index is 5.69. The lowest BCUT2D eigenvalue weighted by Crippen LogP contribution is -1.99. The zero-order valence-corrected chi connectivity index (χ0v) is 10.5. The highest BCUT2D eigenvalue weighted by molar-refractivity contribution is 5.85. The summed E-state index contributed by atoms with van der Waals surface area (Å²) >= 11 is 0. The van der Waals surface area contributed by atoms with E-state index in [9.17, 15) is 0 Å². The summed E-state index contributed by atoms with van der Waals surface area (Å²) in [6, 6.07) is 16.3. The van der Waals surface area contributed by atoms with Crippen LogP contribution >= 0.6 is 12.4 Å². The second kappa shape index (κ2) is 6.28. The largest absolute Gasteiger partial charge is 0.496 e. The minimum absolute atomic E-state index is 0. The average molecular weight is 250 g/mol. The summed E-state index contributed by atoms with van der Waals surface area (Å²) in [5.74, 6) is 0.849. The Labute approximate surface area is 108 Å². The molecule has 0 atom stereocenters. The van der Waals surface area contributed by atoms with Crippen LogP contribution in [0.25, 0.3) is 11.1 Å². The average Bonchev–Trinajstić information content (AvgIpc) is 2.39. The molecule has 17 heavy (non-hydrogen) atoms. The predicted molar refractivity (Wildman–Crippen MR) is 73.6 cm³/mol. The summed E-state index contributed by atoms with van der Waals surface area (Å²) in [5.41, 5.74) is 9.09. The SMILES string of the molecule is COc1ccc(-c2ccccc2)cc1CN.Cl. The number of benzene rings is 2. The van der Waals surface area contributed by atoms with Crippen molar-refractivity contribution in [3.05, 3.63) is 54.1 Å². The summed E-state index contributed by atoms with van der Waals surface area (Å²) in [6.45, 7) is 0.490. The van der Waals surface area contributed by atoms with Crippen molar-refractivity contribution in [3.63, 3.8) is 0 Å². The highest BCUT2D eigenvalue weighted by atomic mass is 35.5. The Balaban J connectivity index is 0.00000144. The molecule has 0 saturated carbocycles. The molecule has 0 spiro atoms. The van der Waals surface area contributed by atoms with Gasteiger partial charge in [0.1, 0.15) is 5.75 Å². The molecule has 0 aromatic heterocycles. The van der Waals surface area contributed by atoms with Crippen LogP contribution in [0.5, 0.6) is 5.75 Å². The molecule has 0 unspecified atom stereocenters. The van der Waals surface area contributed by atoms with Gasteiger partial charge in [-0.05, 0) is 23.3 Å². The van der Waals surface area contributed by atoms with Crippen molar-refractivity contribution in [1.82, 2.24) is 0 Å². The highest BCUT2D eigenvalue weighted by Crippen LogP contribution is 2.26. The Kier molecular flexibility index (Phi) is 5.01. The van der Waals surface area contributed by atoms with Crippen LogP contribution in [0.15, 0.2) is 48.5 Å². The number of ether oxygens (including phenoxy) is 1. The van der Waals surface area contributed by atoms with E-state index in [1.807, 2.05) is 30.3 Å². The number of halogens is 1. The Hall–Kier alpha value is -1.51. The lowest BCUT2D eigenvalue weighted by Gasteiger charge is -2.09. The van der Waals surface area contributed by atoms with Gasteiger partial charge in [-0.3, -0.25) is 0 Å². The van der Waals surface area contributed by atoms with E-state index in [0.29, 0.717) is 6.54 Å². The predicted octanol–water partition coefficient (Wildman–Crippen LogP) is 3.24. The minimum Gasteiger partial charge on any atom is -0.496 e. The molecule has 0 saturated heterocycles. The van der Waals surface area contributed by atoms with Gasteiger partial charge in [-0.1, -0.05) is 36.4 Å². The zero-order chi connectivity index (χ0) is 11.4. The van der Waals surface area contributed by atoms with Crippen LogP contribution in [0.4, 0.5) is 0 Å². The molecule has 0 heterocycles. The van der Waals surface area contributed by atoms with Crippen LogP contribution in [0.3, 0.4) is 0 Å². The fourth-order valence-electron chi connectivity index (χ4n) is 1.75. The maximum Gasteiger partial charge on any atom is 0.123 e. The zero-order valence-electron chi connectivity index (χ0n) is 9.72. The number of hydrogen-bond acceptors (Lipinski definition) is 2. The van der Waals surface area contributed by atoms with Gasteiger partial charge >= 0.3 is 0 Å². The van der Waals surface area contributed by atoms with E-state index in [4.69, 9.17) is 10.5 Å². The smallest absolute Gasteiger partial charge is 0.123 e. The first kappa shape index (κ1) is 13.6. The van der Waals surface area contributed by atoms with E-state index in [2.05, 4.69) is 18.2 Å². The van der Waals surface area contributed by atoms with Gasteiger partial charge in [0.25, 0.3) is 0 Å². The lowest BCUT2D eigenvalue weighted by atomic mass is 10.0. The summed E-state index contributed by atoms with van der Waals surface area (Å²) in [7, 11) is 1.66. The van der Waals surface area contributed by atoms with Crippen LogP contribution in [-0.4, -0.2) is 7.11 Å². The molecule has 2 N–H and O–H groups in total. The monoisotopic (exact) mass is 249 g/mol. The molecule has 2 aromatic rings. The van der Waals surface area contributed by atoms with Crippen LogP contribution < -0.4 is 10.5 Å². The Morgan fingerprint density at radius 3 is 2.29 bits per heavy atom. The molecule has 0 bridgehead atoms. The highest BCUT2D eigenvalue weighted by Gasteiger charge is 2.03. The van der Waals surface area contributed by atoms with E-state index in [1.54, 1.807) is 7.11 Å². The molecule has 2 nitrogen and oxygen atoms in total. The maximum absolute atomic E-state index is 5.69. The summed E-state index contributed by atoms with van der Waals surface area (Å²) in [6.07, 6.45) is 0. The van der Waals surface area contributed by atoms with Gasteiger partial charge in [0.15, 0.2) is 0 Å². The second-order valence-corrected chi connectivity index (χ2v) is 3.60. The quantitative estimate of drug-likeness (QED) is 0.906. The lowest BCUT2D eigenvalue weighted by molar-refractivity contribution is 0.410. The van der Waals surface area contributed by atoms with Gasteiger partial charge in [-0.2, -0.15) is 0 Å². The Morgan fingerprint density at radius 2 is 1.71 bits per heavy atom.